The summed E-state index contributed by atoms with van der Waals surface area (Å²) >= 11 is 0. The lowest BCUT2D eigenvalue weighted by Gasteiger charge is -2.11. The summed E-state index contributed by atoms with van der Waals surface area (Å²) in [6, 6.07) is 0. The molecule has 0 bridgehead atoms. The first-order chi connectivity index (χ1) is 12.6. The summed E-state index contributed by atoms with van der Waals surface area (Å²) in [6.45, 7) is 0.866. The average Bonchev–Trinajstić information content (AvgIpc) is 3.48. The van der Waals surface area contributed by atoms with Crippen LogP contribution in [-0.4, -0.2) is 47.1 Å². The first-order valence-corrected chi connectivity index (χ1v) is 10.3. The van der Waals surface area contributed by atoms with Gasteiger partial charge in [0.2, 0.25) is 0 Å². The van der Waals surface area contributed by atoms with Gasteiger partial charge in [-0.1, -0.05) is 44.9 Å². The molecule has 4 unspecified atom stereocenters. The van der Waals surface area contributed by atoms with Crippen LogP contribution >= 0.6 is 0 Å². The summed E-state index contributed by atoms with van der Waals surface area (Å²) in [4.78, 5) is 20.9. The number of carbonyl (C=O) groups is 2. The first-order valence-electron chi connectivity index (χ1n) is 10.3. The van der Waals surface area contributed by atoms with Crippen molar-refractivity contribution in [3.63, 3.8) is 0 Å². The molecular weight excluding hydrogens is 336 g/mol. The number of hydrogen-bond acceptors (Lipinski definition) is 4. The van der Waals surface area contributed by atoms with E-state index in [2.05, 4.69) is 0 Å². The fraction of sp³-hybridized carbons (Fsp3) is 0.900. The van der Waals surface area contributed by atoms with Crippen LogP contribution in [0.5, 0.6) is 0 Å². The zero-order valence-electron chi connectivity index (χ0n) is 15.7. The van der Waals surface area contributed by atoms with Crippen LogP contribution in [0.2, 0.25) is 0 Å². The molecule has 2 N–H and O–H groups in total. The van der Waals surface area contributed by atoms with Crippen molar-refractivity contribution in [2.75, 3.05) is 6.61 Å². The molecule has 0 aromatic carbocycles. The van der Waals surface area contributed by atoms with Crippen LogP contribution in [-0.2, 0) is 19.1 Å². The van der Waals surface area contributed by atoms with Crippen molar-refractivity contribution in [3.05, 3.63) is 0 Å². The minimum Gasteiger partial charge on any atom is -0.481 e. The highest BCUT2D eigenvalue weighted by Crippen LogP contribution is 2.41. The van der Waals surface area contributed by atoms with Gasteiger partial charge in [0.25, 0.3) is 0 Å². The van der Waals surface area contributed by atoms with Crippen LogP contribution in [0.1, 0.15) is 83.5 Å². The molecule has 2 aliphatic rings. The third-order valence-electron chi connectivity index (χ3n) is 5.44. The van der Waals surface area contributed by atoms with Gasteiger partial charge in [-0.3, -0.25) is 9.59 Å². The van der Waals surface area contributed by atoms with Crippen LogP contribution in [0.3, 0.4) is 0 Å². The highest BCUT2D eigenvalue weighted by molar-refractivity contribution is 5.66. The van der Waals surface area contributed by atoms with Crippen LogP contribution in [0.4, 0.5) is 0 Å². The molecule has 2 saturated heterocycles. The van der Waals surface area contributed by atoms with E-state index in [-0.39, 0.29) is 12.8 Å². The van der Waals surface area contributed by atoms with Gasteiger partial charge in [0, 0.05) is 18.8 Å². The maximum atomic E-state index is 10.5. The second kappa shape index (κ2) is 11.5. The standard InChI is InChI=1S/C20H34O6/c21-18(22)12-8-3-1-2-6-10-15(17-14-25-17)20-16(26-20)11-7-4-5-9-13-19(23)24/h15-17,20H,1-14H2,(H,21,22)(H,23,24). The summed E-state index contributed by atoms with van der Waals surface area (Å²) in [5.74, 6) is -0.884. The Morgan fingerprint density at radius 1 is 0.846 bits per heavy atom. The summed E-state index contributed by atoms with van der Waals surface area (Å²) in [7, 11) is 0. The Kier molecular flexibility index (Phi) is 9.40. The minimum absolute atomic E-state index is 0.278. The Labute approximate surface area is 156 Å². The molecule has 0 aromatic rings. The number of rotatable bonds is 17. The largest absolute Gasteiger partial charge is 0.481 e. The fourth-order valence-corrected chi connectivity index (χ4v) is 3.79. The molecule has 26 heavy (non-hydrogen) atoms. The SMILES string of the molecule is O=C(O)CCCCCCCC(C1CO1)C1OC1CCCCCCC(=O)O. The highest BCUT2D eigenvalue weighted by Gasteiger charge is 2.50. The molecule has 0 radical (unpaired) electrons. The molecular formula is C20H34O6. The second-order valence-electron chi connectivity index (χ2n) is 7.72. The van der Waals surface area contributed by atoms with E-state index >= 15 is 0 Å². The molecule has 6 nitrogen and oxygen atoms in total. The number of carboxylic acid groups (broad SMARTS) is 2. The second-order valence-corrected chi connectivity index (χ2v) is 7.72. The van der Waals surface area contributed by atoms with Gasteiger partial charge in [-0.05, 0) is 25.7 Å². The summed E-state index contributed by atoms with van der Waals surface area (Å²) in [5.41, 5.74) is 0. The monoisotopic (exact) mass is 370 g/mol. The third-order valence-corrected chi connectivity index (χ3v) is 5.44. The van der Waals surface area contributed by atoms with Gasteiger partial charge in [0.05, 0.1) is 24.9 Å². The van der Waals surface area contributed by atoms with E-state index in [0.717, 1.165) is 70.8 Å². The molecule has 2 rings (SSSR count). The van der Waals surface area contributed by atoms with Gasteiger partial charge in [-0.15, -0.1) is 0 Å². The van der Waals surface area contributed by atoms with Gasteiger partial charge >= 0.3 is 11.9 Å². The van der Waals surface area contributed by atoms with E-state index in [0.29, 0.717) is 24.2 Å². The molecule has 2 fully saturated rings. The van der Waals surface area contributed by atoms with Gasteiger partial charge < -0.3 is 19.7 Å². The smallest absolute Gasteiger partial charge is 0.303 e. The van der Waals surface area contributed by atoms with Crippen molar-refractivity contribution in [2.24, 2.45) is 5.92 Å². The van der Waals surface area contributed by atoms with Crippen molar-refractivity contribution < 1.29 is 29.3 Å². The lowest BCUT2D eigenvalue weighted by molar-refractivity contribution is -0.138. The Morgan fingerprint density at radius 2 is 1.38 bits per heavy atom. The van der Waals surface area contributed by atoms with Crippen molar-refractivity contribution in [1.29, 1.82) is 0 Å². The molecule has 150 valence electrons. The van der Waals surface area contributed by atoms with Gasteiger partial charge in [-0.2, -0.15) is 0 Å². The summed E-state index contributed by atoms with van der Waals surface area (Å²) in [6.07, 6.45) is 13.1. The van der Waals surface area contributed by atoms with E-state index < -0.39 is 11.9 Å². The maximum Gasteiger partial charge on any atom is 0.303 e. The normalized spacial score (nSPS) is 25.0. The van der Waals surface area contributed by atoms with Gasteiger partial charge in [0.1, 0.15) is 0 Å². The van der Waals surface area contributed by atoms with Crippen molar-refractivity contribution in [2.45, 2.75) is 102 Å². The average molecular weight is 370 g/mol. The first kappa shape index (κ1) is 21.2. The molecule has 0 spiro atoms. The highest BCUT2D eigenvalue weighted by atomic mass is 16.6. The minimum atomic E-state index is -0.704. The Morgan fingerprint density at radius 3 is 1.96 bits per heavy atom. The molecule has 6 heteroatoms. The van der Waals surface area contributed by atoms with E-state index in [4.69, 9.17) is 19.7 Å². The van der Waals surface area contributed by atoms with Gasteiger partial charge in [-0.25, -0.2) is 0 Å². The van der Waals surface area contributed by atoms with E-state index in [1.807, 2.05) is 0 Å². The fourth-order valence-electron chi connectivity index (χ4n) is 3.79. The summed E-state index contributed by atoms with van der Waals surface area (Å²) in [5, 5.41) is 17.2. The Balaban J connectivity index is 1.48. The van der Waals surface area contributed by atoms with Crippen molar-refractivity contribution in [3.8, 4) is 0 Å². The van der Waals surface area contributed by atoms with Crippen LogP contribution in [0.15, 0.2) is 0 Å². The zero-order valence-corrected chi connectivity index (χ0v) is 15.7. The van der Waals surface area contributed by atoms with Gasteiger partial charge in [0.15, 0.2) is 0 Å². The third kappa shape index (κ3) is 8.99. The Bertz CT molecular complexity index is 434. The number of carboxylic acids is 2. The molecule has 0 saturated carbocycles. The van der Waals surface area contributed by atoms with E-state index in [9.17, 15) is 9.59 Å². The number of aliphatic carboxylic acids is 2. The number of ether oxygens (including phenoxy) is 2. The lowest BCUT2D eigenvalue weighted by atomic mass is 9.91. The molecule has 0 aliphatic carbocycles. The van der Waals surface area contributed by atoms with Crippen molar-refractivity contribution >= 4 is 11.9 Å². The predicted molar refractivity (Wildman–Crippen MR) is 97.2 cm³/mol. The molecule has 4 atom stereocenters. The molecule has 2 heterocycles. The zero-order chi connectivity index (χ0) is 18.8. The van der Waals surface area contributed by atoms with Crippen molar-refractivity contribution in [1.82, 2.24) is 0 Å². The number of epoxide rings is 2. The maximum absolute atomic E-state index is 10.5. The molecule has 0 amide bonds. The predicted octanol–water partition coefficient (Wildman–Crippen LogP) is 4.01. The lowest BCUT2D eigenvalue weighted by Crippen LogP contribution is -2.17. The Hall–Kier alpha value is -1.14. The molecule has 2 aliphatic heterocycles. The quantitative estimate of drug-likeness (QED) is 0.296. The van der Waals surface area contributed by atoms with Crippen LogP contribution in [0.25, 0.3) is 0 Å². The topological polar surface area (TPSA) is 99.7 Å². The number of hydrogen-bond donors (Lipinski definition) is 2. The van der Waals surface area contributed by atoms with Crippen LogP contribution in [0, 0.1) is 5.92 Å². The van der Waals surface area contributed by atoms with E-state index in [1.54, 1.807) is 0 Å². The van der Waals surface area contributed by atoms with Crippen LogP contribution < -0.4 is 0 Å². The summed E-state index contributed by atoms with van der Waals surface area (Å²) < 4.78 is 11.4. The van der Waals surface area contributed by atoms with E-state index in [1.165, 1.54) is 6.42 Å². The molecule has 0 aromatic heterocycles. The number of unbranched alkanes of at least 4 members (excludes halogenated alkanes) is 7.